The number of rotatable bonds is 7. The van der Waals surface area contributed by atoms with Crippen molar-refractivity contribution < 1.29 is 4.79 Å². The van der Waals surface area contributed by atoms with Gasteiger partial charge in [-0.3, -0.25) is 4.79 Å². The van der Waals surface area contributed by atoms with Gasteiger partial charge in [-0.1, -0.05) is 26.2 Å². The third-order valence-electron chi connectivity index (χ3n) is 3.83. The first kappa shape index (κ1) is 14.5. The summed E-state index contributed by atoms with van der Waals surface area (Å²) in [4.78, 5) is 11.6. The van der Waals surface area contributed by atoms with Crippen molar-refractivity contribution in [2.24, 2.45) is 17.6 Å². The lowest BCUT2D eigenvalue weighted by Crippen LogP contribution is -2.30. The average Bonchev–Trinajstić information content (AvgIpc) is 2.34. The Bertz CT molecular complexity index is 210. The van der Waals surface area contributed by atoms with Crippen LogP contribution >= 0.6 is 0 Å². The Morgan fingerprint density at radius 2 is 1.88 bits per heavy atom. The van der Waals surface area contributed by atoms with Crippen LogP contribution in [0.3, 0.4) is 0 Å². The topological polar surface area (TPSA) is 55.1 Å². The molecule has 0 heterocycles. The minimum Gasteiger partial charge on any atom is -0.356 e. The Labute approximate surface area is 106 Å². The van der Waals surface area contributed by atoms with Crippen molar-refractivity contribution in [2.45, 2.75) is 58.3 Å². The van der Waals surface area contributed by atoms with Crippen molar-refractivity contribution in [1.29, 1.82) is 0 Å². The molecule has 17 heavy (non-hydrogen) atoms. The van der Waals surface area contributed by atoms with Crippen molar-refractivity contribution in [2.75, 3.05) is 13.1 Å². The summed E-state index contributed by atoms with van der Waals surface area (Å²) in [5.74, 6) is 1.83. The molecule has 0 aromatic heterocycles. The van der Waals surface area contributed by atoms with Crippen LogP contribution in [0.2, 0.25) is 0 Å². The number of carbonyl (C=O) groups is 1. The molecule has 1 rings (SSSR count). The van der Waals surface area contributed by atoms with Gasteiger partial charge in [0.1, 0.15) is 0 Å². The number of nitrogens with one attached hydrogen (secondary N) is 1. The Morgan fingerprint density at radius 1 is 1.18 bits per heavy atom. The highest BCUT2D eigenvalue weighted by Gasteiger charge is 2.18. The minimum absolute atomic E-state index is 0.223. The summed E-state index contributed by atoms with van der Waals surface area (Å²) in [6.07, 6.45) is 8.99. The first-order valence-electron chi connectivity index (χ1n) is 7.19. The lowest BCUT2D eigenvalue weighted by molar-refractivity contribution is -0.121. The number of nitrogens with two attached hydrogens (primary N) is 1. The van der Waals surface area contributed by atoms with Crippen molar-refractivity contribution in [3.05, 3.63) is 0 Å². The van der Waals surface area contributed by atoms with Gasteiger partial charge in [-0.2, -0.15) is 0 Å². The van der Waals surface area contributed by atoms with Crippen molar-refractivity contribution in [3.63, 3.8) is 0 Å². The summed E-state index contributed by atoms with van der Waals surface area (Å²) in [6, 6.07) is 0. The minimum atomic E-state index is 0.223. The van der Waals surface area contributed by atoms with Crippen molar-refractivity contribution in [3.8, 4) is 0 Å². The van der Waals surface area contributed by atoms with Gasteiger partial charge in [0.15, 0.2) is 0 Å². The summed E-state index contributed by atoms with van der Waals surface area (Å²) < 4.78 is 0. The SMILES string of the molecule is CC1CCC(CNC(=O)CCCCCN)CC1. The number of amides is 1. The fourth-order valence-corrected chi connectivity index (χ4v) is 2.49. The first-order chi connectivity index (χ1) is 8.22. The Hall–Kier alpha value is -0.570. The maximum Gasteiger partial charge on any atom is 0.220 e. The Balaban J connectivity index is 1.99. The highest BCUT2D eigenvalue weighted by atomic mass is 16.1. The molecule has 1 fully saturated rings. The summed E-state index contributed by atoms with van der Waals surface area (Å²) in [7, 11) is 0. The Morgan fingerprint density at radius 3 is 2.53 bits per heavy atom. The Kier molecular flexibility index (Phi) is 7.25. The van der Waals surface area contributed by atoms with Gasteiger partial charge in [0.2, 0.25) is 5.91 Å². The van der Waals surface area contributed by atoms with E-state index in [-0.39, 0.29) is 5.91 Å². The summed E-state index contributed by atoms with van der Waals surface area (Å²) in [5, 5.41) is 3.07. The molecule has 0 aromatic rings. The third-order valence-corrected chi connectivity index (χ3v) is 3.83. The van der Waals surface area contributed by atoms with Crippen LogP contribution in [0.25, 0.3) is 0 Å². The van der Waals surface area contributed by atoms with Crippen LogP contribution < -0.4 is 11.1 Å². The summed E-state index contributed by atoms with van der Waals surface area (Å²) >= 11 is 0. The number of hydrogen-bond acceptors (Lipinski definition) is 2. The molecule has 0 bridgehead atoms. The molecule has 100 valence electrons. The second-order valence-electron chi connectivity index (χ2n) is 5.53. The van der Waals surface area contributed by atoms with Gasteiger partial charge in [-0.25, -0.2) is 0 Å². The molecule has 1 aliphatic carbocycles. The zero-order chi connectivity index (χ0) is 12.5. The predicted molar refractivity (Wildman–Crippen MR) is 71.7 cm³/mol. The lowest BCUT2D eigenvalue weighted by atomic mass is 9.83. The maximum atomic E-state index is 11.6. The number of hydrogen-bond donors (Lipinski definition) is 2. The van der Waals surface area contributed by atoms with Crippen molar-refractivity contribution >= 4 is 5.91 Å². The monoisotopic (exact) mass is 240 g/mol. The molecule has 1 saturated carbocycles. The highest BCUT2D eigenvalue weighted by molar-refractivity contribution is 5.75. The molecule has 1 amide bonds. The zero-order valence-corrected chi connectivity index (χ0v) is 11.2. The number of carbonyl (C=O) groups excluding carboxylic acids is 1. The van der Waals surface area contributed by atoms with E-state index < -0.39 is 0 Å². The molecule has 0 radical (unpaired) electrons. The van der Waals surface area contributed by atoms with Gasteiger partial charge < -0.3 is 11.1 Å². The maximum absolute atomic E-state index is 11.6. The summed E-state index contributed by atoms with van der Waals surface area (Å²) in [6.45, 7) is 3.95. The smallest absolute Gasteiger partial charge is 0.220 e. The van der Waals surface area contributed by atoms with Crippen LogP contribution in [0.5, 0.6) is 0 Å². The van der Waals surface area contributed by atoms with Gasteiger partial charge in [-0.15, -0.1) is 0 Å². The molecule has 0 unspecified atom stereocenters. The van der Waals surface area contributed by atoms with Crippen LogP contribution in [0.1, 0.15) is 58.3 Å². The largest absolute Gasteiger partial charge is 0.356 e. The van der Waals surface area contributed by atoms with E-state index in [2.05, 4.69) is 12.2 Å². The molecule has 0 aliphatic heterocycles. The molecule has 0 spiro atoms. The first-order valence-corrected chi connectivity index (χ1v) is 7.19. The van der Waals surface area contributed by atoms with Crippen molar-refractivity contribution in [1.82, 2.24) is 5.32 Å². The van der Waals surface area contributed by atoms with Gasteiger partial charge in [0.05, 0.1) is 0 Å². The molecule has 0 atom stereocenters. The average molecular weight is 240 g/mol. The highest BCUT2D eigenvalue weighted by Crippen LogP contribution is 2.27. The zero-order valence-electron chi connectivity index (χ0n) is 11.2. The quantitative estimate of drug-likeness (QED) is 0.672. The van der Waals surface area contributed by atoms with Gasteiger partial charge in [-0.05, 0) is 44.1 Å². The molecule has 3 nitrogen and oxygen atoms in total. The van der Waals surface area contributed by atoms with Crippen LogP contribution in [-0.2, 0) is 4.79 Å². The van der Waals surface area contributed by atoms with E-state index in [0.29, 0.717) is 6.42 Å². The molecule has 1 aliphatic rings. The van der Waals surface area contributed by atoms with Crippen LogP contribution in [0, 0.1) is 11.8 Å². The van der Waals surface area contributed by atoms with E-state index in [9.17, 15) is 4.79 Å². The predicted octanol–water partition coefficient (Wildman–Crippen LogP) is 2.45. The van der Waals surface area contributed by atoms with Gasteiger partial charge in [0, 0.05) is 13.0 Å². The molecule has 3 heteroatoms. The van der Waals surface area contributed by atoms with Crippen LogP contribution in [0.15, 0.2) is 0 Å². The molecular formula is C14H28N2O. The fraction of sp³-hybridized carbons (Fsp3) is 0.929. The second-order valence-corrected chi connectivity index (χ2v) is 5.53. The lowest BCUT2D eigenvalue weighted by Gasteiger charge is -2.26. The van der Waals surface area contributed by atoms with E-state index in [1.807, 2.05) is 0 Å². The second kappa shape index (κ2) is 8.51. The molecule has 0 aromatic carbocycles. The summed E-state index contributed by atoms with van der Waals surface area (Å²) in [5.41, 5.74) is 5.41. The van der Waals surface area contributed by atoms with E-state index in [0.717, 1.165) is 44.2 Å². The van der Waals surface area contributed by atoms with E-state index in [1.165, 1.54) is 25.7 Å². The van der Waals surface area contributed by atoms with Crippen LogP contribution in [0.4, 0.5) is 0 Å². The standard InChI is InChI=1S/C14H28N2O/c1-12-6-8-13(9-7-12)11-16-14(17)5-3-2-4-10-15/h12-13H,2-11,15H2,1H3,(H,16,17). The van der Waals surface area contributed by atoms with E-state index >= 15 is 0 Å². The molecular weight excluding hydrogens is 212 g/mol. The molecule has 3 N–H and O–H groups in total. The third kappa shape index (κ3) is 6.67. The fourth-order valence-electron chi connectivity index (χ4n) is 2.49. The van der Waals surface area contributed by atoms with Crippen LogP contribution in [-0.4, -0.2) is 19.0 Å². The van der Waals surface area contributed by atoms with Gasteiger partial charge in [0.25, 0.3) is 0 Å². The normalized spacial score (nSPS) is 24.6. The molecule has 0 saturated heterocycles. The number of unbranched alkanes of at least 4 members (excludes halogenated alkanes) is 2. The van der Waals surface area contributed by atoms with Gasteiger partial charge >= 0.3 is 0 Å². The van der Waals surface area contributed by atoms with E-state index in [1.54, 1.807) is 0 Å². The van der Waals surface area contributed by atoms with E-state index in [4.69, 9.17) is 5.73 Å².